The molecule has 0 aliphatic heterocycles. The zero-order chi connectivity index (χ0) is 15.5. The number of allylic oxidation sites excluding steroid dienone is 2. The summed E-state index contributed by atoms with van der Waals surface area (Å²) in [4.78, 5) is 0. The molecule has 0 spiro atoms. The van der Waals surface area contributed by atoms with Gasteiger partial charge in [-0.15, -0.1) is 6.58 Å². The van der Waals surface area contributed by atoms with Gasteiger partial charge in [0, 0.05) is 5.92 Å². The molecule has 0 amide bonds. The van der Waals surface area contributed by atoms with Crippen LogP contribution in [0.1, 0.15) is 12.8 Å². The van der Waals surface area contributed by atoms with Crippen molar-refractivity contribution in [3.8, 4) is 0 Å². The van der Waals surface area contributed by atoms with Gasteiger partial charge in [-0.05, 0) is 18.9 Å². The fraction of sp³-hybridized carbons (Fsp3) is 0.600. The van der Waals surface area contributed by atoms with Crippen LogP contribution in [-0.4, -0.2) is 23.1 Å². The van der Waals surface area contributed by atoms with E-state index in [-0.39, 0.29) is 6.08 Å². The summed E-state index contributed by atoms with van der Waals surface area (Å²) >= 11 is 0. The Morgan fingerprint density at radius 1 is 1.00 bits per heavy atom. The van der Waals surface area contributed by atoms with E-state index >= 15 is 0 Å². The monoisotopic (exact) mass is 298 g/mol. The topological polar surface area (TPSA) is 20.2 Å². The molecule has 0 saturated carbocycles. The Bertz CT molecular complexity index is 322. The van der Waals surface area contributed by atoms with Gasteiger partial charge >= 0.3 is 12.4 Å². The zero-order valence-corrected chi connectivity index (χ0v) is 9.32. The number of hydrogen-bond acceptors (Lipinski definition) is 1. The van der Waals surface area contributed by atoms with Crippen LogP contribution in [0.15, 0.2) is 24.8 Å². The summed E-state index contributed by atoms with van der Waals surface area (Å²) in [6, 6.07) is 0. The molecule has 0 aromatic carbocycles. The van der Waals surface area contributed by atoms with Crippen molar-refractivity contribution in [3.05, 3.63) is 24.8 Å². The molecule has 0 rings (SSSR count). The van der Waals surface area contributed by atoms with Gasteiger partial charge < -0.3 is 5.11 Å². The third-order valence-electron chi connectivity index (χ3n) is 2.46. The highest BCUT2D eigenvalue weighted by Crippen LogP contribution is 2.49. The molecule has 1 nitrogen and oxygen atoms in total. The van der Waals surface area contributed by atoms with Crippen LogP contribution < -0.4 is 0 Å². The second kappa shape index (κ2) is 5.89. The molecule has 1 atom stereocenters. The predicted octanol–water partition coefficient (Wildman–Crippen LogP) is 4.20. The molecule has 0 saturated heterocycles. The average Bonchev–Trinajstić information content (AvgIpc) is 2.19. The van der Waals surface area contributed by atoms with E-state index in [1.165, 1.54) is 0 Å². The van der Waals surface area contributed by atoms with Gasteiger partial charge in [-0.1, -0.05) is 6.08 Å². The van der Waals surface area contributed by atoms with Gasteiger partial charge in [-0.2, -0.15) is 35.1 Å². The Balaban J connectivity index is 5.64. The van der Waals surface area contributed by atoms with Crippen molar-refractivity contribution in [2.24, 2.45) is 5.92 Å². The lowest BCUT2D eigenvalue weighted by molar-refractivity contribution is -0.384. The van der Waals surface area contributed by atoms with Crippen molar-refractivity contribution in [3.63, 3.8) is 0 Å². The minimum atomic E-state index is -6.04. The second-order valence-corrected chi connectivity index (χ2v) is 3.71. The van der Waals surface area contributed by atoms with E-state index in [0.29, 0.717) is 6.08 Å². The molecule has 0 heterocycles. The first-order chi connectivity index (χ1) is 8.38. The molecule has 0 aliphatic rings. The second-order valence-electron chi connectivity index (χ2n) is 3.71. The zero-order valence-electron chi connectivity index (χ0n) is 9.32. The number of aliphatic hydroxyl groups is 1. The Morgan fingerprint density at radius 2 is 1.42 bits per heavy atom. The minimum Gasteiger partial charge on any atom is -0.373 e. The van der Waals surface area contributed by atoms with Crippen molar-refractivity contribution in [2.75, 3.05) is 0 Å². The molecule has 1 unspecified atom stereocenters. The smallest absolute Gasteiger partial charge is 0.373 e. The van der Waals surface area contributed by atoms with Crippen LogP contribution in [0.4, 0.5) is 35.1 Å². The van der Waals surface area contributed by atoms with E-state index in [1.807, 2.05) is 0 Å². The first-order valence-electron chi connectivity index (χ1n) is 4.85. The summed E-state index contributed by atoms with van der Waals surface area (Å²) in [6.45, 7) is 2.95. The fourth-order valence-electron chi connectivity index (χ4n) is 1.49. The van der Waals surface area contributed by atoms with E-state index in [2.05, 4.69) is 6.58 Å². The number of rotatable bonds is 5. The van der Waals surface area contributed by atoms with E-state index in [1.54, 1.807) is 0 Å². The third kappa shape index (κ3) is 3.92. The first kappa shape index (κ1) is 17.9. The lowest BCUT2D eigenvalue weighted by atomic mass is 9.81. The summed E-state index contributed by atoms with van der Waals surface area (Å²) in [7, 11) is 0. The molecule has 19 heavy (non-hydrogen) atoms. The summed E-state index contributed by atoms with van der Waals surface area (Å²) in [6.07, 6.45) is -16.1. The molecule has 1 N–H and O–H groups in total. The SMILES string of the molecule is C=CCC(CC=C(F)F)C(O)(C(F)(F)F)C(F)(F)F. The van der Waals surface area contributed by atoms with Crippen LogP contribution in [0, 0.1) is 5.92 Å². The minimum absolute atomic E-state index is 0.101. The molecule has 9 heteroatoms. The Kier molecular flexibility index (Phi) is 5.54. The standard InChI is InChI=1S/C10H10F8O/c1-2-3-6(4-5-7(11)12)8(19,9(13,14)15)10(16,17)18/h2,5-6,19H,1,3-4H2. The van der Waals surface area contributed by atoms with Crippen LogP contribution in [-0.2, 0) is 0 Å². The molecular weight excluding hydrogens is 288 g/mol. The molecule has 0 radical (unpaired) electrons. The maximum atomic E-state index is 12.5. The predicted molar refractivity (Wildman–Crippen MR) is 50.3 cm³/mol. The maximum absolute atomic E-state index is 12.5. The normalized spacial score (nSPS) is 15.0. The Morgan fingerprint density at radius 3 is 1.68 bits per heavy atom. The lowest BCUT2D eigenvalue weighted by Gasteiger charge is -2.38. The molecule has 0 aromatic heterocycles. The van der Waals surface area contributed by atoms with Crippen LogP contribution >= 0.6 is 0 Å². The highest BCUT2D eigenvalue weighted by atomic mass is 19.4. The van der Waals surface area contributed by atoms with Crippen molar-refractivity contribution in [1.82, 2.24) is 0 Å². The molecular formula is C10H10F8O. The van der Waals surface area contributed by atoms with Crippen molar-refractivity contribution in [2.45, 2.75) is 30.8 Å². The largest absolute Gasteiger partial charge is 0.426 e. The summed E-state index contributed by atoms with van der Waals surface area (Å²) in [5, 5.41) is 9.02. The number of alkyl halides is 6. The van der Waals surface area contributed by atoms with Crippen LogP contribution in [0.5, 0.6) is 0 Å². The lowest BCUT2D eigenvalue weighted by Crippen LogP contribution is -2.61. The van der Waals surface area contributed by atoms with Gasteiger partial charge in [-0.3, -0.25) is 0 Å². The molecule has 0 fully saturated rings. The van der Waals surface area contributed by atoms with Crippen molar-refractivity contribution < 1.29 is 40.2 Å². The van der Waals surface area contributed by atoms with Crippen LogP contribution in [0.2, 0.25) is 0 Å². The van der Waals surface area contributed by atoms with E-state index in [0.717, 1.165) is 0 Å². The quantitative estimate of drug-likeness (QED) is 0.595. The van der Waals surface area contributed by atoms with Gasteiger partial charge in [0.15, 0.2) is 0 Å². The van der Waals surface area contributed by atoms with E-state index < -0.39 is 42.8 Å². The Labute approximate surface area is 103 Å². The summed E-state index contributed by atoms with van der Waals surface area (Å²) in [5.74, 6) is -2.54. The third-order valence-corrected chi connectivity index (χ3v) is 2.46. The van der Waals surface area contributed by atoms with Crippen LogP contribution in [0.3, 0.4) is 0 Å². The molecule has 0 aromatic rings. The summed E-state index contributed by atoms with van der Waals surface area (Å²) < 4.78 is 98.5. The van der Waals surface area contributed by atoms with Gasteiger partial charge in [0.25, 0.3) is 11.7 Å². The first-order valence-corrected chi connectivity index (χ1v) is 4.85. The molecule has 0 aliphatic carbocycles. The maximum Gasteiger partial charge on any atom is 0.426 e. The number of halogens is 8. The Hall–Kier alpha value is -1.12. The van der Waals surface area contributed by atoms with Gasteiger partial charge in [-0.25, -0.2) is 0 Å². The fourth-order valence-corrected chi connectivity index (χ4v) is 1.49. The van der Waals surface area contributed by atoms with E-state index in [9.17, 15) is 35.1 Å². The number of hydrogen-bond donors (Lipinski definition) is 1. The van der Waals surface area contributed by atoms with E-state index in [4.69, 9.17) is 5.11 Å². The van der Waals surface area contributed by atoms with Crippen molar-refractivity contribution >= 4 is 0 Å². The van der Waals surface area contributed by atoms with Gasteiger partial charge in [0.05, 0.1) is 0 Å². The van der Waals surface area contributed by atoms with Crippen LogP contribution in [0.25, 0.3) is 0 Å². The summed E-state index contributed by atoms with van der Waals surface area (Å²) in [5.41, 5.74) is -5.07. The molecule has 0 bridgehead atoms. The van der Waals surface area contributed by atoms with Gasteiger partial charge in [0.1, 0.15) is 0 Å². The highest BCUT2D eigenvalue weighted by molar-refractivity contribution is 5.03. The highest BCUT2D eigenvalue weighted by Gasteiger charge is 2.73. The van der Waals surface area contributed by atoms with Crippen molar-refractivity contribution in [1.29, 1.82) is 0 Å². The average molecular weight is 298 g/mol. The molecule has 112 valence electrons. The van der Waals surface area contributed by atoms with Gasteiger partial charge in [0.2, 0.25) is 0 Å².